The summed E-state index contributed by atoms with van der Waals surface area (Å²) in [7, 11) is 0. The van der Waals surface area contributed by atoms with E-state index in [4.69, 9.17) is 15.0 Å². The number of fused-ring (bicyclic) bond motifs is 1. The van der Waals surface area contributed by atoms with Crippen LogP contribution in [0.3, 0.4) is 0 Å². The minimum Gasteiger partial charge on any atom is -0.490 e. The molecular formula is C29H25N3O2. The Morgan fingerprint density at radius 1 is 1.03 bits per heavy atom. The Labute approximate surface area is 198 Å². The fourth-order valence-electron chi connectivity index (χ4n) is 4.52. The van der Waals surface area contributed by atoms with Crippen molar-refractivity contribution in [1.82, 2.24) is 9.38 Å². The van der Waals surface area contributed by atoms with Crippen molar-refractivity contribution in [2.75, 3.05) is 0 Å². The van der Waals surface area contributed by atoms with Crippen molar-refractivity contribution >= 4 is 17.8 Å². The lowest BCUT2D eigenvalue weighted by Gasteiger charge is -2.17. The van der Waals surface area contributed by atoms with Crippen LogP contribution in [0.5, 0.6) is 5.75 Å². The number of nitriles is 1. The van der Waals surface area contributed by atoms with Crippen molar-refractivity contribution in [2.45, 2.75) is 38.7 Å². The van der Waals surface area contributed by atoms with Gasteiger partial charge in [-0.05, 0) is 80.2 Å². The maximum absolute atomic E-state index is 13.5. The SMILES string of the molecule is Cc1cccc(C=Cc2nc3ccccn3c(=O)c2-c2ccc(C#N)cc2)c1OC1CCCC1. The van der Waals surface area contributed by atoms with Crippen LogP contribution < -0.4 is 10.3 Å². The third-order valence-electron chi connectivity index (χ3n) is 6.31. The molecule has 2 aromatic carbocycles. The topological polar surface area (TPSA) is 67.4 Å². The zero-order valence-corrected chi connectivity index (χ0v) is 19.1. The molecule has 0 aliphatic heterocycles. The molecule has 0 radical (unpaired) electrons. The maximum atomic E-state index is 13.5. The molecule has 1 saturated carbocycles. The average Bonchev–Trinajstić information content (AvgIpc) is 3.38. The van der Waals surface area contributed by atoms with E-state index in [1.165, 1.54) is 12.8 Å². The molecule has 168 valence electrons. The number of hydrogen-bond donors (Lipinski definition) is 0. The fourth-order valence-corrected chi connectivity index (χ4v) is 4.52. The Hall–Kier alpha value is -4.17. The first-order valence-corrected chi connectivity index (χ1v) is 11.6. The Morgan fingerprint density at radius 3 is 2.59 bits per heavy atom. The van der Waals surface area contributed by atoms with Crippen molar-refractivity contribution in [3.05, 3.63) is 99.6 Å². The van der Waals surface area contributed by atoms with Gasteiger partial charge in [0.2, 0.25) is 0 Å². The molecular weight excluding hydrogens is 422 g/mol. The average molecular weight is 448 g/mol. The van der Waals surface area contributed by atoms with Gasteiger partial charge in [0.25, 0.3) is 5.56 Å². The molecule has 34 heavy (non-hydrogen) atoms. The predicted molar refractivity (Wildman–Crippen MR) is 135 cm³/mol. The number of rotatable bonds is 5. The van der Waals surface area contributed by atoms with Crippen LogP contribution in [-0.2, 0) is 0 Å². The molecule has 0 atom stereocenters. The molecule has 0 bridgehead atoms. The molecule has 0 spiro atoms. The summed E-state index contributed by atoms with van der Waals surface area (Å²) in [6, 6.07) is 20.8. The lowest BCUT2D eigenvalue weighted by molar-refractivity contribution is 0.208. The fraction of sp³-hybridized carbons (Fsp3) is 0.207. The zero-order valence-electron chi connectivity index (χ0n) is 19.1. The van der Waals surface area contributed by atoms with Crippen molar-refractivity contribution in [1.29, 1.82) is 5.26 Å². The van der Waals surface area contributed by atoms with E-state index >= 15 is 0 Å². The molecule has 0 N–H and O–H groups in total. The largest absolute Gasteiger partial charge is 0.490 e. The van der Waals surface area contributed by atoms with Gasteiger partial charge in [-0.3, -0.25) is 9.20 Å². The van der Waals surface area contributed by atoms with Gasteiger partial charge in [0, 0.05) is 11.8 Å². The van der Waals surface area contributed by atoms with Crippen LogP contribution in [0.25, 0.3) is 28.9 Å². The van der Waals surface area contributed by atoms with E-state index in [2.05, 4.69) is 19.1 Å². The third-order valence-corrected chi connectivity index (χ3v) is 6.31. The molecule has 1 aliphatic carbocycles. The molecule has 2 aromatic heterocycles. The first-order valence-electron chi connectivity index (χ1n) is 11.6. The Kier molecular flexibility index (Phi) is 5.97. The molecule has 0 amide bonds. The summed E-state index contributed by atoms with van der Waals surface area (Å²) in [5.41, 5.74) is 4.83. The molecule has 5 heteroatoms. The lowest BCUT2D eigenvalue weighted by atomic mass is 10.0. The molecule has 5 rings (SSSR count). The molecule has 1 aliphatic rings. The minimum atomic E-state index is -0.151. The quantitative estimate of drug-likeness (QED) is 0.374. The number of ether oxygens (including phenoxy) is 1. The second-order valence-corrected chi connectivity index (χ2v) is 8.65. The zero-order chi connectivity index (χ0) is 23.5. The van der Waals surface area contributed by atoms with Crippen LogP contribution in [0.2, 0.25) is 0 Å². The van der Waals surface area contributed by atoms with E-state index in [0.717, 1.165) is 35.3 Å². The van der Waals surface area contributed by atoms with Gasteiger partial charge in [-0.25, -0.2) is 4.98 Å². The van der Waals surface area contributed by atoms with Crippen molar-refractivity contribution in [3.8, 4) is 22.9 Å². The van der Waals surface area contributed by atoms with Crippen LogP contribution in [-0.4, -0.2) is 15.5 Å². The van der Waals surface area contributed by atoms with Gasteiger partial charge in [-0.2, -0.15) is 5.26 Å². The standard InChI is InChI=1S/C29H25N3O2/c1-20-7-6-8-23(28(20)34-24-9-2-3-10-24)16-17-25-27(22-14-12-21(19-30)13-15-22)29(33)32-18-5-4-11-26(32)31-25/h4-8,11-18,24H,2-3,9-10H2,1H3. The van der Waals surface area contributed by atoms with Gasteiger partial charge >= 0.3 is 0 Å². The van der Waals surface area contributed by atoms with E-state index in [1.54, 1.807) is 34.9 Å². The molecule has 5 nitrogen and oxygen atoms in total. The van der Waals surface area contributed by atoms with Gasteiger partial charge in [-0.15, -0.1) is 0 Å². The third kappa shape index (κ3) is 4.23. The highest BCUT2D eigenvalue weighted by Gasteiger charge is 2.19. The van der Waals surface area contributed by atoms with E-state index < -0.39 is 0 Å². The van der Waals surface area contributed by atoms with Gasteiger partial charge < -0.3 is 4.74 Å². The van der Waals surface area contributed by atoms with Gasteiger partial charge in [0.15, 0.2) is 0 Å². The highest BCUT2D eigenvalue weighted by Crippen LogP contribution is 2.31. The molecule has 2 heterocycles. The highest BCUT2D eigenvalue weighted by molar-refractivity contribution is 5.81. The molecule has 0 unspecified atom stereocenters. The summed E-state index contributed by atoms with van der Waals surface area (Å²) >= 11 is 0. The van der Waals surface area contributed by atoms with Crippen LogP contribution >= 0.6 is 0 Å². The highest BCUT2D eigenvalue weighted by atomic mass is 16.5. The maximum Gasteiger partial charge on any atom is 0.266 e. The van der Waals surface area contributed by atoms with Crippen molar-refractivity contribution < 1.29 is 4.74 Å². The van der Waals surface area contributed by atoms with E-state index in [0.29, 0.717) is 22.5 Å². The van der Waals surface area contributed by atoms with Gasteiger partial charge in [-0.1, -0.05) is 36.4 Å². The summed E-state index contributed by atoms with van der Waals surface area (Å²) in [5, 5.41) is 9.16. The number of hydrogen-bond acceptors (Lipinski definition) is 4. The van der Waals surface area contributed by atoms with E-state index in [1.807, 2.05) is 42.5 Å². The van der Waals surface area contributed by atoms with Gasteiger partial charge in [0.05, 0.1) is 29.0 Å². The first-order chi connectivity index (χ1) is 16.6. The van der Waals surface area contributed by atoms with Crippen LogP contribution in [0.4, 0.5) is 0 Å². The van der Waals surface area contributed by atoms with Crippen LogP contribution in [0.15, 0.2) is 71.7 Å². The number of nitrogens with zero attached hydrogens (tertiary/aromatic N) is 3. The normalized spacial score (nSPS) is 14.0. The van der Waals surface area contributed by atoms with E-state index in [-0.39, 0.29) is 11.7 Å². The minimum absolute atomic E-state index is 0.151. The smallest absolute Gasteiger partial charge is 0.266 e. The molecule has 4 aromatic rings. The number of benzene rings is 2. The summed E-state index contributed by atoms with van der Waals surface area (Å²) in [6.07, 6.45) is 10.4. The molecule has 1 fully saturated rings. The Balaban J connectivity index is 1.62. The summed E-state index contributed by atoms with van der Waals surface area (Å²) in [4.78, 5) is 18.3. The number of aromatic nitrogens is 2. The van der Waals surface area contributed by atoms with E-state index in [9.17, 15) is 4.79 Å². The van der Waals surface area contributed by atoms with Crippen LogP contribution in [0.1, 0.15) is 48.1 Å². The Bertz CT molecular complexity index is 1470. The molecule has 0 saturated heterocycles. The number of pyridine rings is 1. The Morgan fingerprint density at radius 2 is 1.82 bits per heavy atom. The summed E-state index contributed by atoms with van der Waals surface area (Å²) < 4.78 is 7.94. The summed E-state index contributed by atoms with van der Waals surface area (Å²) in [6.45, 7) is 2.06. The van der Waals surface area contributed by atoms with Gasteiger partial charge in [0.1, 0.15) is 11.4 Å². The number of para-hydroxylation sites is 1. The predicted octanol–water partition coefficient (Wildman–Crippen LogP) is 6.03. The lowest BCUT2D eigenvalue weighted by Crippen LogP contribution is -2.18. The monoisotopic (exact) mass is 447 g/mol. The van der Waals surface area contributed by atoms with Crippen molar-refractivity contribution in [2.24, 2.45) is 0 Å². The van der Waals surface area contributed by atoms with Crippen LogP contribution in [0, 0.1) is 18.3 Å². The number of aryl methyl sites for hydroxylation is 1. The summed E-state index contributed by atoms with van der Waals surface area (Å²) in [5.74, 6) is 0.892. The second kappa shape index (κ2) is 9.36. The first kappa shape index (κ1) is 21.7. The van der Waals surface area contributed by atoms with Crippen molar-refractivity contribution in [3.63, 3.8) is 0 Å². The second-order valence-electron chi connectivity index (χ2n) is 8.65.